The maximum Gasteiger partial charge on any atom is 0.183 e. The molecule has 0 saturated carbocycles. The van der Waals surface area contributed by atoms with Crippen LogP contribution < -0.4 is 5.32 Å². The molecule has 0 atom stereocenters. The summed E-state index contributed by atoms with van der Waals surface area (Å²) in [7, 11) is 0. The van der Waals surface area contributed by atoms with E-state index in [9.17, 15) is 0 Å². The zero-order valence-corrected chi connectivity index (χ0v) is 12.4. The van der Waals surface area contributed by atoms with Crippen LogP contribution in [0.5, 0.6) is 0 Å². The summed E-state index contributed by atoms with van der Waals surface area (Å²) in [4.78, 5) is 9.36. The molecular formula is C14H13ClN4S. The van der Waals surface area contributed by atoms with E-state index >= 15 is 0 Å². The van der Waals surface area contributed by atoms with Crippen LogP contribution in [-0.2, 0) is 6.54 Å². The van der Waals surface area contributed by atoms with Crippen molar-refractivity contribution >= 4 is 28.6 Å². The summed E-state index contributed by atoms with van der Waals surface area (Å²) in [6, 6.07) is 8.22. The van der Waals surface area contributed by atoms with Crippen LogP contribution in [0, 0.1) is 6.92 Å². The van der Waals surface area contributed by atoms with E-state index in [1.807, 2.05) is 36.1 Å². The number of rotatable bonds is 4. The quantitative estimate of drug-likeness (QED) is 0.795. The van der Waals surface area contributed by atoms with E-state index in [1.54, 1.807) is 6.20 Å². The molecule has 0 radical (unpaired) electrons. The Balaban J connectivity index is 1.67. The first-order valence-electron chi connectivity index (χ1n) is 6.16. The second-order valence-corrected chi connectivity index (χ2v) is 6.10. The fourth-order valence-corrected chi connectivity index (χ4v) is 2.79. The maximum absolute atomic E-state index is 5.80. The maximum atomic E-state index is 5.80. The van der Waals surface area contributed by atoms with Gasteiger partial charge in [-0.25, -0.2) is 9.97 Å². The van der Waals surface area contributed by atoms with Crippen LogP contribution in [0.2, 0.25) is 4.47 Å². The van der Waals surface area contributed by atoms with Gasteiger partial charge in [-0.15, -0.1) is 11.3 Å². The van der Waals surface area contributed by atoms with Gasteiger partial charge in [0, 0.05) is 28.6 Å². The van der Waals surface area contributed by atoms with Crippen molar-refractivity contribution in [1.82, 2.24) is 14.5 Å². The lowest BCUT2D eigenvalue weighted by Gasteiger charge is -2.06. The number of aryl methyl sites for hydroxylation is 1. The van der Waals surface area contributed by atoms with Gasteiger partial charge in [0.1, 0.15) is 0 Å². The molecule has 3 rings (SSSR count). The number of nitrogens with zero attached hydrogens (tertiary/aromatic N) is 3. The second-order valence-electron chi connectivity index (χ2n) is 4.40. The van der Waals surface area contributed by atoms with Crippen molar-refractivity contribution in [3.8, 4) is 5.69 Å². The van der Waals surface area contributed by atoms with Gasteiger partial charge in [0.15, 0.2) is 4.47 Å². The minimum absolute atomic E-state index is 0.577. The Labute approximate surface area is 126 Å². The predicted octanol–water partition coefficient (Wildman–Crippen LogP) is 3.90. The molecule has 1 N–H and O–H groups in total. The molecule has 3 aromatic rings. The largest absolute Gasteiger partial charge is 0.380 e. The van der Waals surface area contributed by atoms with Crippen LogP contribution in [-0.4, -0.2) is 14.5 Å². The van der Waals surface area contributed by atoms with Crippen molar-refractivity contribution in [3.63, 3.8) is 0 Å². The molecule has 0 aliphatic rings. The van der Waals surface area contributed by atoms with E-state index in [-0.39, 0.29) is 0 Å². The first kappa shape index (κ1) is 13.1. The van der Waals surface area contributed by atoms with Crippen LogP contribution in [0.25, 0.3) is 5.69 Å². The van der Waals surface area contributed by atoms with Crippen LogP contribution in [0.15, 0.2) is 43.0 Å². The van der Waals surface area contributed by atoms with E-state index < -0.39 is 0 Å². The SMILES string of the molecule is Cc1cn(-c2ccc(NCc3cnc(Cl)s3)cc2)cn1. The molecule has 0 bridgehead atoms. The molecule has 0 unspecified atom stereocenters. The van der Waals surface area contributed by atoms with E-state index in [4.69, 9.17) is 11.6 Å². The molecule has 0 amide bonds. The lowest BCUT2D eigenvalue weighted by atomic mass is 10.2. The molecular weight excluding hydrogens is 292 g/mol. The fourth-order valence-electron chi connectivity index (χ4n) is 1.87. The summed E-state index contributed by atoms with van der Waals surface area (Å²) >= 11 is 7.29. The molecule has 0 fully saturated rings. The first-order valence-corrected chi connectivity index (χ1v) is 7.35. The number of halogens is 1. The third-order valence-electron chi connectivity index (χ3n) is 2.87. The standard InChI is InChI=1S/C14H13ClN4S/c1-10-8-19(9-18-10)12-4-2-11(3-5-12)16-6-13-7-17-14(15)20-13/h2-5,7-9,16H,6H2,1H3. The number of aromatic nitrogens is 3. The highest BCUT2D eigenvalue weighted by Crippen LogP contribution is 2.19. The number of thiazole rings is 1. The summed E-state index contributed by atoms with van der Waals surface area (Å²) < 4.78 is 2.58. The zero-order chi connectivity index (χ0) is 13.9. The molecule has 20 heavy (non-hydrogen) atoms. The van der Waals surface area contributed by atoms with E-state index in [0.29, 0.717) is 4.47 Å². The Morgan fingerprint density at radius 2 is 2.05 bits per heavy atom. The topological polar surface area (TPSA) is 42.7 Å². The molecule has 2 aromatic heterocycles. The molecule has 0 aliphatic carbocycles. The average Bonchev–Trinajstić information content (AvgIpc) is 3.06. The highest BCUT2D eigenvalue weighted by molar-refractivity contribution is 7.15. The van der Waals surface area contributed by atoms with Crippen molar-refractivity contribution in [3.05, 3.63) is 58.0 Å². The average molecular weight is 305 g/mol. The number of hydrogen-bond donors (Lipinski definition) is 1. The Morgan fingerprint density at radius 1 is 1.25 bits per heavy atom. The zero-order valence-electron chi connectivity index (χ0n) is 10.9. The predicted molar refractivity (Wildman–Crippen MR) is 82.8 cm³/mol. The summed E-state index contributed by atoms with van der Waals surface area (Å²) in [5, 5.41) is 3.35. The van der Waals surface area contributed by atoms with Gasteiger partial charge in [0.2, 0.25) is 0 Å². The molecule has 1 aromatic carbocycles. The first-order chi connectivity index (χ1) is 9.70. The number of hydrogen-bond acceptors (Lipinski definition) is 4. The lowest BCUT2D eigenvalue weighted by Crippen LogP contribution is -1.98. The fraction of sp³-hybridized carbons (Fsp3) is 0.143. The van der Waals surface area contributed by atoms with E-state index in [2.05, 4.69) is 27.4 Å². The smallest absolute Gasteiger partial charge is 0.183 e. The van der Waals surface area contributed by atoms with Crippen LogP contribution in [0.1, 0.15) is 10.6 Å². The Hall–Kier alpha value is -1.85. The lowest BCUT2D eigenvalue weighted by molar-refractivity contribution is 1.06. The minimum Gasteiger partial charge on any atom is -0.380 e. The Bertz CT molecular complexity index is 702. The van der Waals surface area contributed by atoms with Gasteiger partial charge in [0.05, 0.1) is 18.6 Å². The third-order valence-corrected chi connectivity index (χ3v) is 3.98. The van der Waals surface area contributed by atoms with Gasteiger partial charge < -0.3 is 9.88 Å². The third kappa shape index (κ3) is 3.00. The molecule has 0 spiro atoms. The number of imidazole rings is 1. The van der Waals surface area contributed by atoms with E-state index in [0.717, 1.165) is 28.5 Å². The van der Waals surface area contributed by atoms with Crippen molar-refractivity contribution in [2.24, 2.45) is 0 Å². The number of nitrogens with one attached hydrogen (secondary N) is 1. The van der Waals surface area contributed by atoms with Gasteiger partial charge in [0.25, 0.3) is 0 Å². The monoisotopic (exact) mass is 304 g/mol. The summed E-state index contributed by atoms with van der Waals surface area (Å²) in [6.07, 6.45) is 5.61. The summed E-state index contributed by atoms with van der Waals surface area (Å²) in [5.41, 5.74) is 3.17. The van der Waals surface area contributed by atoms with Crippen LogP contribution in [0.4, 0.5) is 5.69 Å². The highest BCUT2D eigenvalue weighted by atomic mass is 35.5. The van der Waals surface area contributed by atoms with Crippen molar-refractivity contribution < 1.29 is 0 Å². The van der Waals surface area contributed by atoms with Crippen LogP contribution >= 0.6 is 22.9 Å². The Morgan fingerprint density at radius 3 is 2.65 bits per heavy atom. The second kappa shape index (κ2) is 5.64. The summed E-state index contributed by atoms with van der Waals surface area (Å²) in [5.74, 6) is 0. The van der Waals surface area contributed by atoms with Crippen LogP contribution in [0.3, 0.4) is 0 Å². The van der Waals surface area contributed by atoms with Crippen molar-refractivity contribution in [2.45, 2.75) is 13.5 Å². The highest BCUT2D eigenvalue weighted by Gasteiger charge is 2.01. The molecule has 0 saturated heterocycles. The van der Waals surface area contributed by atoms with Crippen molar-refractivity contribution in [2.75, 3.05) is 5.32 Å². The molecule has 102 valence electrons. The molecule has 0 aliphatic heterocycles. The van der Waals surface area contributed by atoms with Gasteiger partial charge in [-0.2, -0.15) is 0 Å². The summed E-state index contributed by atoms with van der Waals surface area (Å²) in [6.45, 7) is 2.71. The van der Waals surface area contributed by atoms with Gasteiger partial charge >= 0.3 is 0 Å². The number of benzene rings is 1. The van der Waals surface area contributed by atoms with Gasteiger partial charge in [-0.3, -0.25) is 0 Å². The van der Waals surface area contributed by atoms with Gasteiger partial charge in [-0.1, -0.05) is 11.6 Å². The molecule has 2 heterocycles. The van der Waals surface area contributed by atoms with E-state index in [1.165, 1.54) is 11.3 Å². The van der Waals surface area contributed by atoms with Gasteiger partial charge in [-0.05, 0) is 31.2 Å². The van der Waals surface area contributed by atoms with Crippen molar-refractivity contribution in [1.29, 1.82) is 0 Å². The Kier molecular flexibility index (Phi) is 3.71. The molecule has 6 heteroatoms. The minimum atomic E-state index is 0.577. The molecule has 4 nitrogen and oxygen atoms in total. The number of anilines is 1. The normalized spacial score (nSPS) is 10.7.